The van der Waals surface area contributed by atoms with E-state index in [0.29, 0.717) is 5.56 Å². The van der Waals surface area contributed by atoms with Crippen molar-refractivity contribution < 1.29 is 27.5 Å². The number of benzene rings is 1. The number of pyridine rings is 1. The summed E-state index contributed by atoms with van der Waals surface area (Å²) in [5, 5.41) is 6.17. The molecule has 30 heavy (non-hydrogen) atoms. The molecule has 0 unspecified atom stereocenters. The van der Waals surface area contributed by atoms with Crippen molar-refractivity contribution in [2.24, 2.45) is 0 Å². The maximum atomic E-state index is 12.5. The lowest BCUT2D eigenvalue weighted by atomic mass is 10.1. The van der Waals surface area contributed by atoms with Crippen molar-refractivity contribution in [3.05, 3.63) is 59.4 Å². The number of ether oxygens (including phenoxy) is 1. The normalized spacial score (nSPS) is 11.3. The van der Waals surface area contributed by atoms with E-state index < -0.39 is 18.7 Å². The van der Waals surface area contributed by atoms with Gasteiger partial charge in [0, 0.05) is 41.9 Å². The van der Waals surface area contributed by atoms with Crippen molar-refractivity contribution in [1.29, 1.82) is 0 Å². The molecule has 2 amide bonds. The van der Waals surface area contributed by atoms with Gasteiger partial charge in [-0.2, -0.15) is 13.2 Å². The number of hydrogen-bond acceptors (Lipinski definition) is 4. The molecule has 0 fully saturated rings. The summed E-state index contributed by atoms with van der Waals surface area (Å²) in [4.78, 5) is 31.4. The van der Waals surface area contributed by atoms with E-state index in [2.05, 4.69) is 25.3 Å². The molecule has 0 saturated carbocycles. The number of H-pyrrole nitrogens is 1. The van der Waals surface area contributed by atoms with Gasteiger partial charge in [0.05, 0.1) is 11.1 Å². The van der Waals surface area contributed by atoms with E-state index >= 15 is 0 Å². The Hall–Kier alpha value is -3.56. The first-order valence-corrected chi connectivity index (χ1v) is 9.04. The molecule has 3 aromatic rings. The third-order valence-electron chi connectivity index (χ3n) is 4.20. The molecule has 0 spiro atoms. The molecule has 3 N–H and O–H groups in total. The van der Waals surface area contributed by atoms with Gasteiger partial charge in [0.1, 0.15) is 0 Å². The lowest BCUT2D eigenvalue weighted by Gasteiger charge is -2.09. The van der Waals surface area contributed by atoms with E-state index in [1.165, 1.54) is 12.1 Å². The third kappa shape index (κ3) is 5.28. The van der Waals surface area contributed by atoms with Crippen LogP contribution in [0, 0.1) is 6.92 Å². The topological polar surface area (TPSA) is 96.1 Å². The van der Waals surface area contributed by atoms with Crippen LogP contribution in [0.25, 0.3) is 10.9 Å². The zero-order valence-corrected chi connectivity index (χ0v) is 16.0. The van der Waals surface area contributed by atoms with Crippen LogP contribution in [0.5, 0.6) is 5.88 Å². The van der Waals surface area contributed by atoms with Crippen LogP contribution in [0.15, 0.2) is 42.6 Å². The molecule has 0 saturated heterocycles. The number of carbonyl (C=O) groups is 2. The molecular weight excluding hydrogens is 401 g/mol. The van der Waals surface area contributed by atoms with Gasteiger partial charge in [-0.05, 0) is 19.1 Å². The molecule has 0 aliphatic rings. The summed E-state index contributed by atoms with van der Waals surface area (Å²) < 4.78 is 40.8. The van der Waals surface area contributed by atoms with Crippen molar-refractivity contribution in [2.75, 3.05) is 19.7 Å². The van der Waals surface area contributed by atoms with Crippen LogP contribution < -0.4 is 15.4 Å². The number of alkyl halides is 3. The number of rotatable bonds is 7. The predicted octanol–water partition coefficient (Wildman–Crippen LogP) is 2.97. The summed E-state index contributed by atoms with van der Waals surface area (Å²) in [6, 6.07) is 9.95. The first kappa shape index (κ1) is 21.2. The predicted molar refractivity (Wildman–Crippen MR) is 103 cm³/mol. The quantitative estimate of drug-likeness (QED) is 0.512. The van der Waals surface area contributed by atoms with Crippen LogP contribution in [-0.4, -0.2) is 47.7 Å². The fourth-order valence-electron chi connectivity index (χ4n) is 2.87. The molecule has 0 radical (unpaired) electrons. The smallest absolute Gasteiger partial charge is 0.422 e. The summed E-state index contributed by atoms with van der Waals surface area (Å²) in [7, 11) is 0. The lowest BCUT2D eigenvalue weighted by Crippen LogP contribution is -2.34. The molecule has 10 heteroatoms. The second kappa shape index (κ2) is 8.85. The molecule has 0 atom stereocenters. The molecule has 1 aromatic carbocycles. The van der Waals surface area contributed by atoms with Gasteiger partial charge in [-0.3, -0.25) is 9.59 Å². The highest BCUT2D eigenvalue weighted by atomic mass is 19.4. The molecule has 0 bridgehead atoms. The van der Waals surface area contributed by atoms with E-state index in [1.54, 1.807) is 0 Å². The van der Waals surface area contributed by atoms with Gasteiger partial charge in [0.15, 0.2) is 6.61 Å². The van der Waals surface area contributed by atoms with Crippen molar-refractivity contribution in [3.8, 4) is 5.88 Å². The molecule has 2 aromatic heterocycles. The molecular formula is C20H19F3N4O3. The number of para-hydroxylation sites is 1. The second-order valence-corrected chi connectivity index (χ2v) is 6.47. The summed E-state index contributed by atoms with van der Waals surface area (Å²) in [5.41, 5.74) is 2.32. The van der Waals surface area contributed by atoms with Crippen LogP contribution in [0.2, 0.25) is 0 Å². The fraction of sp³-hybridized carbons (Fsp3) is 0.250. The Morgan fingerprint density at radius 2 is 1.77 bits per heavy atom. The number of halogens is 3. The van der Waals surface area contributed by atoms with Crippen LogP contribution in [0.3, 0.4) is 0 Å². The summed E-state index contributed by atoms with van der Waals surface area (Å²) in [5.74, 6) is -0.959. The maximum absolute atomic E-state index is 12.5. The van der Waals surface area contributed by atoms with E-state index in [4.69, 9.17) is 0 Å². The molecule has 0 aliphatic carbocycles. The van der Waals surface area contributed by atoms with Crippen LogP contribution >= 0.6 is 0 Å². The molecule has 2 heterocycles. The van der Waals surface area contributed by atoms with Gasteiger partial charge in [0.25, 0.3) is 11.8 Å². The Balaban J connectivity index is 1.47. The van der Waals surface area contributed by atoms with Crippen LogP contribution in [-0.2, 0) is 0 Å². The number of aromatic amines is 1. The largest absolute Gasteiger partial charge is 0.468 e. The summed E-state index contributed by atoms with van der Waals surface area (Å²) in [6.07, 6.45) is -3.34. The van der Waals surface area contributed by atoms with Gasteiger partial charge in [0.2, 0.25) is 5.88 Å². The molecule has 158 valence electrons. The molecule has 7 nitrogen and oxygen atoms in total. The van der Waals surface area contributed by atoms with Gasteiger partial charge in [-0.15, -0.1) is 0 Å². The van der Waals surface area contributed by atoms with E-state index in [0.717, 1.165) is 22.8 Å². The zero-order valence-electron chi connectivity index (χ0n) is 16.0. The van der Waals surface area contributed by atoms with Gasteiger partial charge >= 0.3 is 6.18 Å². The van der Waals surface area contributed by atoms with E-state index in [9.17, 15) is 22.8 Å². The summed E-state index contributed by atoms with van der Waals surface area (Å²) >= 11 is 0. The number of aromatic nitrogens is 2. The minimum atomic E-state index is -4.46. The molecule has 0 aliphatic heterocycles. The standard InChI is InChI=1S/C20H19F3N4O3/c1-12-17(14-4-2-3-5-15(14)27-12)19(29)25-9-8-24-18(28)13-6-7-16(26-10-13)30-11-20(21,22)23/h2-7,10,27H,8-9,11H2,1H3,(H,24,28)(H,25,29). The SMILES string of the molecule is Cc1[nH]c2ccccc2c1C(=O)NCCNC(=O)c1ccc(OCC(F)(F)F)nc1. The highest BCUT2D eigenvalue weighted by molar-refractivity contribution is 6.08. The fourth-order valence-corrected chi connectivity index (χ4v) is 2.87. The highest BCUT2D eigenvalue weighted by Crippen LogP contribution is 2.21. The average molecular weight is 420 g/mol. The lowest BCUT2D eigenvalue weighted by molar-refractivity contribution is -0.154. The van der Waals surface area contributed by atoms with Gasteiger partial charge < -0.3 is 20.4 Å². The Labute approximate surface area is 169 Å². The zero-order chi connectivity index (χ0) is 21.7. The van der Waals surface area contributed by atoms with Crippen molar-refractivity contribution in [2.45, 2.75) is 13.1 Å². The number of aryl methyl sites for hydroxylation is 1. The van der Waals surface area contributed by atoms with E-state index in [1.807, 2.05) is 31.2 Å². The number of nitrogens with zero attached hydrogens (tertiary/aromatic N) is 1. The minimum Gasteiger partial charge on any atom is -0.468 e. The van der Waals surface area contributed by atoms with E-state index in [-0.39, 0.29) is 30.4 Å². The summed E-state index contributed by atoms with van der Waals surface area (Å²) in [6.45, 7) is 0.717. The Morgan fingerprint density at radius 3 is 2.43 bits per heavy atom. The highest BCUT2D eigenvalue weighted by Gasteiger charge is 2.28. The Kier molecular flexibility index (Phi) is 6.24. The first-order valence-electron chi connectivity index (χ1n) is 9.04. The Bertz CT molecular complexity index is 1050. The van der Waals surface area contributed by atoms with Gasteiger partial charge in [-0.1, -0.05) is 18.2 Å². The number of hydrogen-bond donors (Lipinski definition) is 3. The minimum absolute atomic E-state index is 0.160. The van der Waals surface area contributed by atoms with Crippen LogP contribution in [0.4, 0.5) is 13.2 Å². The van der Waals surface area contributed by atoms with Gasteiger partial charge in [-0.25, -0.2) is 4.98 Å². The third-order valence-corrected chi connectivity index (χ3v) is 4.20. The molecule has 3 rings (SSSR count). The number of fused-ring (bicyclic) bond motifs is 1. The Morgan fingerprint density at radius 1 is 1.07 bits per heavy atom. The number of amides is 2. The number of carbonyl (C=O) groups excluding carboxylic acids is 2. The van der Waals surface area contributed by atoms with Crippen molar-refractivity contribution in [3.63, 3.8) is 0 Å². The average Bonchev–Trinajstić information content (AvgIpc) is 3.05. The second-order valence-electron chi connectivity index (χ2n) is 6.47. The van der Waals surface area contributed by atoms with Crippen LogP contribution in [0.1, 0.15) is 26.4 Å². The maximum Gasteiger partial charge on any atom is 0.422 e. The monoisotopic (exact) mass is 420 g/mol. The first-order chi connectivity index (χ1) is 14.2. The number of nitrogens with one attached hydrogen (secondary N) is 3. The van der Waals surface area contributed by atoms with Crippen molar-refractivity contribution >= 4 is 22.7 Å². The van der Waals surface area contributed by atoms with Crippen molar-refractivity contribution in [1.82, 2.24) is 20.6 Å².